The number of halogens is 4. The molecule has 1 aromatic carbocycles. The number of ether oxygens (including phenoxy) is 2. The molecule has 1 saturated heterocycles. The van der Waals surface area contributed by atoms with Crippen molar-refractivity contribution in [3.05, 3.63) is 24.0 Å². The van der Waals surface area contributed by atoms with E-state index in [9.17, 15) is 17.3 Å². The molecule has 0 spiro atoms. The van der Waals surface area contributed by atoms with E-state index in [2.05, 4.69) is 0 Å². The minimum Gasteiger partial charge on any atom is -0.496 e. The Morgan fingerprint density at radius 1 is 1.33 bits per heavy atom. The number of rotatable bonds is 4. The van der Waals surface area contributed by atoms with Crippen LogP contribution in [0.15, 0.2) is 18.2 Å². The largest absolute Gasteiger partial charge is 0.513 e. The van der Waals surface area contributed by atoms with Gasteiger partial charge in [0.1, 0.15) is 5.82 Å². The van der Waals surface area contributed by atoms with E-state index in [0.29, 0.717) is 13.2 Å². The third kappa shape index (κ3) is 3.16. The molecule has 0 aliphatic carbocycles. The molecular weight excluding hydrogens is 251 g/mol. The summed E-state index contributed by atoms with van der Waals surface area (Å²) in [4.78, 5) is 0. The third-order valence-electron chi connectivity index (χ3n) is 2.83. The lowest BCUT2D eigenvalue weighted by molar-refractivity contribution is 0.167. The Morgan fingerprint density at radius 2 is 2.11 bits per heavy atom. The Balaban J connectivity index is 2.12. The molecule has 100 valence electrons. The normalized spacial score (nSPS) is 20.1. The molecule has 0 saturated carbocycles. The molecule has 1 heterocycles. The number of benzene rings is 1. The molecule has 2 rings (SSSR count). The van der Waals surface area contributed by atoms with Crippen LogP contribution in [-0.4, -0.2) is 26.8 Å². The van der Waals surface area contributed by atoms with E-state index in [1.807, 2.05) is 0 Å². The van der Waals surface area contributed by atoms with Crippen molar-refractivity contribution in [2.45, 2.75) is 6.42 Å². The fourth-order valence-corrected chi connectivity index (χ4v) is 1.83. The summed E-state index contributed by atoms with van der Waals surface area (Å²) >= 11 is 0. The van der Waals surface area contributed by atoms with Gasteiger partial charge in [-0.15, -0.1) is 0 Å². The standard InChI is InChI=1S/C11H12BF4O2/c13-9-1-2-10(12(14,15)16)11(5-9)18-7-8-3-4-17-6-8/h1-2,5,8H,3-4,6-7H2/q-1. The predicted molar refractivity (Wildman–Crippen MR) is 59.5 cm³/mol. The van der Waals surface area contributed by atoms with Crippen molar-refractivity contribution in [3.63, 3.8) is 0 Å². The van der Waals surface area contributed by atoms with E-state index >= 15 is 0 Å². The van der Waals surface area contributed by atoms with Crippen LogP contribution in [-0.2, 0) is 4.74 Å². The van der Waals surface area contributed by atoms with Crippen LogP contribution >= 0.6 is 0 Å². The first kappa shape index (κ1) is 13.2. The maximum absolute atomic E-state index is 13.0. The minimum atomic E-state index is -5.20. The second-order valence-corrected chi connectivity index (χ2v) is 4.30. The zero-order valence-electron chi connectivity index (χ0n) is 9.54. The Kier molecular flexibility index (Phi) is 3.80. The van der Waals surface area contributed by atoms with Gasteiger partial charge in [-0.3, -0.25) is 0 Å². The van der Waals surface area contributed by atoms with Crippen LogP contribution in [0.3, 0.4) is 0 Å². The highest BCUT2D eigenvalue weighted by molar-refractivity contribution is 6.74. The first-order chi connectivity index (χ1) is 8.47. The molecule has 0 radical (unpaired) electrons. The molecule has 1 aliphatic rings. The lowest BCUT2D eigenvalue weighted by Gasteiger charge is -2.20. The molecule has 1 atom stereocenters. The van der Waals surface area contributed by atoms with Crippen LogP contribution in [0.25, 0.3) is 0 Å². The van der Waals surface area contributed by atoms with Crippen LogP contribution in [0.5, 0.6) is 5.75 Å². The lowest BCUT2D eigenvalue weighted by Crippen LogP contribution is -2.36. The van der Waals surface area contributed by atoms with Crippen LogP contribution in [0.4, 0.5) is 17.3 Å². The van der Waals surface area contributed by atoms with Crippen LogP contribution < -0.4 is 10.2 Å². The maximum atomic E-state index is 13.0. The topological polar surface area (TPSA) is 18.5 Å². The second kappa shape index (κ2) is 5.18. The summed E-state index contributed by atoms with van der Waals surface area (Å²) in [6.07, 6.45) is 0.752. The van der Waals surface area contributed by atoms with Crippen molar-refractivity contribution in [3.8, 4) is 5.75 Å². The molecule has 0 aromatic heterocycles. The summed E-state index contributed by atoms with van der Waals surface area (Å²) in [7, 11) is 0. The van der Waals surface area contributed by atoms with Gasteiger partial charge in [-0.1, -0.05) is 11.5 Å². The summed E-state index contributed by atoms with van der Waals surface area (Å²) < 4.78 is 61.3. The lowest BCUT2D eigenvalue weighted by atomic mass is 9.79. The van der Waals surface area contributed by atoms with Gasteiger partial charge >= 0.3 is 6.98 Å². The van der Waals surface area contributed by atoms with Crippen LogP contribution in [0.2, 0.25) is 0 Å². The Morgan fingerprint density at radius 3 is 2.72 bits per heavy atom. The quantitative estimate of drug-likeness (QED) is 0.613. The highest BCUT2D eigenvalue weighted by Gasteiger charge is 2.30. The Bertz CT molecular complexity index is 416. The minimum absolute atomic E-state index is 0.0712. The Hall–Kier alpha value is -1.24. The van der Waals surface area contributed by atoms with Crippen LogP contribution in [0, 0.1) is 11.7 Å². The smallest absolute Gasteiger partial charge is 0.496 e. The second-order valence-electron chi connectivity index (χ2n) is 4.30. The first-order valence-electron chi connectivity index (χ1n) is 5.67. The summed E-state index contributed by atoms with van der Waals surface area (Å²) in [5.74, 6) is -1.10. The van der Waals surface area contributed by atoms with Gasteiger partial charge < -0.3 is 22.4 Å². The summed E-state index contributed by atoms with van der Waals surface area (Å²) in [6, 6.07) is 2.28. The van der Waals surface area contributed by atoms with E-state index < -0.39 is 24.0 Å². The van der Waals surface area contributed by atoms with E-state index in [-0.39, 0.29) is 12.5 Å². The van der Waals surface area contributed by atoms with Crippen molar-refractivity contribution in [1.29, 1.82) is 0 Å². The van der Waals surface area contributed by atoms with Gasteiger partial charge in [0.05, 0.1) is 19.0 Å². The first-order valence-corrected chi connectivity index (χ1v) is 5.67. The molecule has 1 aromatic rings. The predicted octanol–water partition coefficient (Wildman–Crippen LogP) is 2.30. The van der Waals surface area contributed by atoms with Crippen molar-refractivity contribution in [2.24, 2.45) is 5.92 Å². The average Bonchev–Trinajstić information content (AvgIpc) is 2.77. The molecule has 18 heavy (non-hydrogen) atoms. The molecule has 0 N–H and O–H groups in total. The molecule has 1 aliphatic heterocycles. The van der Waals surface area contributed by atoms with E-state index in [4.69, 9.17) is 9.47 Å². The van der Waals surface area contributed by atoms with Gasteiger partial charge in [0.25, 0.3) is 0 Å². The number of hydrogen-bond acceptors (Lipinski definition) is 2. The molecule has 0 amide bonds. The monoisotopic (exact) mass is 263 g/mol. The van der Waals surface area contributed by atoms with Crippen molar-refractivity contribution in [2.75, 3.05) is 19.8 Å². The highest BCUT2D eigenvalue weighted by atomic mass is 19.4. The summed E-state index contributed by atoms with van der Waals surface area (Å²) in [5.41, 5.74) is -0.893. The van der Waals surface area contributed by atoms with E-state index in [1.165, 1.54) is 0 Å². The maximum Gasteiger partial charge on any atom is 0.513 e. The van der Waals surface area contributed by atoms with E-state index in [0.717, 1.165) is 24.6 Å². The summed E-state index contributed by atoms with van der Waals surface area (Å²) in [6.45, 7) is -4.02. The van der Waals surface area contributed by atoms with Gasteiger partial charge in [-0.2, -0.15) is 0 Å². The molecule has 1 unspecified atom stereocenters. The SMILES string of the molecule is Fc1ccc([B-](F)(F)F)c(OCC2CCOC2)c1. The zero-order chi connectivity index (χ0) is 13.2. The van der Waals surface area contributed by atoms with Gasteiger partial charge in [0.2, 0.25) is 0 Å². The van der Waals surface area contributed by atoms with Crippen molar-refractivity contribution in [1.82, 2.24) is 0 Å². The number of hydrogen-bond donors (Lipinski definition) is 0. The van der Waals surface area contributed by atoms with Crippen molar-refractivity contribution >= 4 is 12.4 Å². The zero-order valence-corrected chi connectivity index (χ0v) is 9.54. The van der Waals surface area contributed by atoms with Gasteiger partial charge in [-0.05, 0) is 12.5 Å². The fraction of sp³-hybridized carbons (Fsp3) is 0.455. The Labute approximate surface area is 102 Å². The van der Waals surface area contributed by atoms with Gasteiger partial charge in [0.15, 0.2) is 0 Å². The molecule has 1 fully saturated rings. The fourth-order valence-electron chi connectivity index (χ4n) is 1.83. The molecule has 2 nitrogen and oxygen atoms in total. The molecule has 7 heteroatoms. The molecule has 0 bridgehead atoms. The third-order valence-corrected chi connectivity index (χ3v) is 2.83. The van der Waals surface area contributed by atoms with Crippen molar-refractivity contribution < 1.29 is 26.8 Å². The van der Waals surface area contributed by atoms with Crippen LogP contribution in [0.1, 0.15) is 6.42 Å². The van der Waals surface area contributed by atoms with E-state index in [1.54, 1.807) is 0 Å². The highest BCUT2D eigenvalue weighted by Crippen LogP contribution is 2.21. The van der Waals surface area contributed by atoms with Gasteiger partial charge in [0, 0.05) is 18.6 Å². The average molecular weight is 263 g/mol. The summed E-state index contributed by atoms with van der Waals surface area (Å²) in [5, 5.41) is 0. The molecular formula is C11H12BF4O2-. The van der Waals surface area contributed by atoms with Gasteiger partial charge in [-0.25, -0.2) is 4.39 Å².